The Morgan fingerprint density at radius 1 is 1.19 bits per heavy atom. The van der Waals surface area contributed by atoms with Gasteiger partial charge >= 0.3 is 5.91 Å². The third-order valence-electron chi connectivity index (χ3n) is 4.92. The topological polar surface area (TPSA) is 76.8 Å². The lowest BCUT2D eigenvalue weighted by Crippen LogP contribution is -2.49. The summed E-state index contributed by atoms with van der Waals surface area (Å²) in [6, 6.07) is 3.87. The first-order chi connectivity index (χ1) is 13.0. The van der Waals surface area contributed by atoms with E-state index < -0.39 is 17.6 Å². The van der Waals surface area contributed by atoms with Crippen molar-refractivity contribution in [2.45, 2.75) is 40.0 Å². The Labute approximate surface area is 158 Å². The van der Waals surface area contributed by atoms with Crippen LogP contribution in [-0.4, -0.2) is 40.7 Å². The second-order valence-corrected chi connectivity index (χ2v) is 6.35. The van der Waals surface area contributed by atoms with E-state index >= 15 is 0 Å². The molecule has 0 bridgehead atoms. The second-order valence-electron chi connectivity index (χ2n) is 6.35. The summed E-state index contributed by atoms with van der Waals surface area (Å²) in [5, 5.41) is 5.42. The summed E-state index contributed by atoms with van der Waals surface area (Å²) >= 11 is 0. The maximum atomic E-state index is 12.8. The van der Waals surface area contributed by atoms with Gasteiger partial charge in [-0.1, -0.05) is 31.1 Å². The van der Waals surface area contributed by atoms with E-state index in [0.29, 0.717) is 12.4 Å². The molecule has 0 fully saturated rings. The number of hydrogen-bond acceptors (Lipinski definition) is 5. The molecule has 142 valence electrons. The highest BCUT2D eigenvalue weighted by Gasteiger charge is 2.40. The molecule has 2 aromatic rings. The number of likely N-dealkylation sites (N-methyl/N-ethyl adjacent to an activating group) is 1. The quantitative estimate of drug-likeness (QED) is 0.763. The van der Waals surface area contributed by atoms with Crippen molar-refractivity contribution in [1.29, 1.82) is 0 Å². The molecule has 4 rings (SSSR count). The SMILES string of the molecule is CC.Cc1ccc(C2C(=O)C(=O)N(C)n3ccnc32)c(C)c1C1=NOCC1. The molecule has 0 saturated carbocycles. The number of Topliss-reactive ketones (excluding diaryl/α,β-unsaturated/α-hetero) is 1. The van der Waals surface area contributed by atoms with Gasteiger partial charge in [0.1, 0.15) is 18.3 Å². The summed E-state index contributed by atoms with van der Waals surface area (Å²) in [7, 11) is 1.57. The van der Waals surface area contributed by atoms with Gasteiger partial charge in [0.05, 0.1) is 5.71 Å². The molecule has 27 heavy (non-hydrogen) atoms. The van der Waals surface area contributed by atoms with Crippen LogP contribution in [0.15, 0.2) is 29.7 Å². The highest BCUT2D eigenvalue weighted by Crippen LogP contribution is 2.33. The summed E-state index contributed by atoms with van der Waals surface area (Å²) in [4.78, 5) is 34.6. The van der Waals surface area contributed by atoms with E-state index in [1.807, 2.05) is 39.8 Å². The molecule has 0 saturated heterocycles. The van der Waals surface area contributed by atoms with Crippen LogP contribution in [0.1, 0.15) is 54.3 Å². The number of aryl methyl sites for hydroxylation is 1. The number of fused-ring (bicyclic) bond motifs is 1. The third kappa shape index (κ3) is 2.93. The zero-order valence-electron chi connectivity index (χ0n) is 16.3. The van der Waals surface area contributed by atoms with Crippen LogP contribution in [0.4, 0.5) is 0 Å². The molecule has 2 aliphatic rings. The van der Waals surface area contributed by atoms with Gasteiger partial charge in [0.2, 0.25) is 5.78 Å². The van der Waals surface area contributed by atoms with Crippen molar-refractivity contribution in [2.24, 2.45) is 5.16 Å². The van der Waals surface area contributed by atoms with E-state index in [-0.39, 0.29) is 0 Å². The van der Waals surface area contributed by atoms with Gasteiger partial charge in [-0.25, -0.2) is 14.7 Å². The van der Waals surface area contributed by atoms with Gasteiger partial charge in [-0.3, -0.25) is 9.59 Å². The van der Waals surface area contributed by atoms with Crippen molar-refractivity contribution in [3.05, 3.63) is 52.6 Å². The maximum absolute atomic E-state index is 12.8. The van der Waals surface area contributed by atoms with Crippen LogP contribution in [0.25, 0.3) is 0 Å². The summed E-state index contributed by atoms with van der Waals surface area (Å²) in [6.45, 7) is 8.53. The standard InChI is InChI=1S/C18H18N4O3.C2H6/c1-10-4-5-12(11(2)14(10)13-6-9-25-20-13)15-16(23)18(24)21(3)22-8-7-19-17(15)22;1-2/h4-5,7-8,15H,6,9H2,1-3H3;1-2H3. The first-order valence-corrected chi connectivity index (χ1v) is 9.15. The molecule has 3 heterocycles. The lowest BCUT2D eigenvalue weighted by Gasteiger charge is -2.30. The number of ketones is 1. The van der Waals surface area contributed by atoms with Crippen molar-refractivity contribution in [3.8, 4) is 0 Å². The van der Waals surface area contributed by atoms with Crippen LogP contribution in [0.2, 0.25) is 0 Å². The predicted molar refractivity (Wildman–Crippen MR) is 103 cm³/mol. The van der Waals surface area contributed by atoms with Crippen LogP contribution in [0.5, 0.6) is 0 Å². The summed E-state index contributed by atoms with van der Waals surface area (Å²) in [6.07, 6.45) is 4.02. The largest absolute Gasteiger partial charge is 0.395 e. The number of aromatic nitrogens is 2. The molecular weight excluding hydrogens is 344 g/mol. The Morgan fingerprint density at radius 3 is 2.59 bits per heavy atom. The number of carbonyl (C=O) groups excluding carboxylic acids is 2. The van der Waals surface area contributed by atoms with E-state index in [9.17, 15) is 9.59 Å². The second kappa shape index (κ2) is 7.34. The van der Waals surface area contributed by atoms with Gasteiger partial charge in [0.25, 0.3) is 0 Å². The van der Waals surface area contributed by atoms with E-state index in [2.05, 4.69) is 10.1 Å². The molecule has 1 atom stereocenters. The normalized spacial score (nSPS) is 18.5. The van der Waals surface area contributed by atoms with Gasteiger partial charge in [0, 0.05) is 31.4 Å². The predicted octanol–water partition coefficient (Wildman–Crippen LogP) is 2.46. The van der Waals surface area contributed by atoms with Gasteiger partial charge < -0.3 is 4.84 Å². The molecule has 0 N–H and O–H groups in total. The summed E-state index contributed by atoms with van der Waals surface area (Å²) in [5.74, 6) is -1.17. The zero-order valence-corrected chi connectivity index (χ0v) is 16.3. The lowest BCUT2D eigenvalue weighted by atomic mass is 9.84. The maximum Gasteiger partial charge on any atom is 0.309 e. The zero-order chi connectivity index (χ0) is 19.7. The number of imidazole rings is 1. The van der Waals surface area contributed by atoms with Crippen molar-refractivity contribution in [2.75, 3.05) is 18.7 Å². The minimum atomic E-state index is -0.707. The van der Waals surface area contributed by atoms with E-state index in [1.54, 1.807) is 24.1 Å². The molecular formula is C20H24N4O3. The van der Waals surface area contributed by atoms with Gasteiger partial charge in [-0.05, 0) is 30.5 Å². The Balaban J connectivity index is 0.00000102. The highest BCUT2D eigenvalue weighted by atomic mass is 16.6. The number of oxime groups is 1. The van der Waals surface area contributed by atoms with Gasteiger partial charge in [-0.15, -0.1) is 0 Å². The van der Waals surface area contributed by atoms with E-state index in [0.717, 1.165) is 34.4 Å². The summed E-state index contributed by atoms with van der Waals surface area (Å²) < 4.78 is 1.63. The molecule has 2 aliphatic heterocycles. The van der Waals surface area contributed by atoms with Gasteiger partial charge in [-0.2, -0.15) is 0 Å². The number of carbonyl (C=O) groups is 2. The van der Waals surface area contributed by atoms with Crippen molar-refractivity contribution in [1.82, 2.24) is 9.66 Å². The number of amides is 1. The minimum absolute atomic E-state index is 0.469. The fraction of sp³-hybridized carbons (Fsp3) is 0.400. The first kappa shape index (κ1) is 18.8. The molecule has 1 aromatic heterocycles. The molecule has 7 nitrogen and oxygen atoms in total. The Bertz CT molecular complexity index is 929. The molecule has 1 aromatic carbocycles. The van der Waals surface area contributed by atoms with Crippen LogP contribution in [0, 0.1) is 13.8 Å². The third-order valence-corrected chi connectivity index (χ3v) is 4.92. The molecule has 1 unspecified atom stereocenters. The van der Waals surface area contributed by atoms with Crippen LogP contribution < -0.4 is 5.01 Å². The van der Waals surface area contributed by atoms with E-state index in [4.69, 9.17) is 4.84 Å². The first-order valence-electron chi connectivity index (χ1n) is 9.15. The van der Waals surface area contributed by atoms with Gasteiger partial charge in [0.15, 0.2) is 0 Å². The van der Waals surface area contributed by atoms with E-state index in [1.165, 1.54) is 5.01 Å². The minimum Gasteiger partial charge on any atom is -0.395 e. The fourth-order valence-corrected chi connectivity index (χ4v) is 3.65. The smallest absolute Gasteiger partial charge is 0.309 e. The Hall–Kier alpha value is -2.96. The number of hydrogen-bond donors (Lipinski definition) is 0. The van der Waals surface area contributed by atoms with Crippen LogP contribution >= 0.6 is 0 Å². The Morgan fingerprint density at radius 2 is 1.93 bits per heavy atom. The molecule has 1 amide bonds. The van der Waals surface area contributed by atoms with Crippen molar-refractivity contribution >= 4 is 17.4 Å². The molecule has 7 heteroatoms. The molecule has 0 aliphatic carbocycles. The number of nitrogens with zero attached hydrogens (tertiary/aromatic N) is 4. The monoisotopic (exact) mass is 368 g/mol. The Kier molecular flexibility index (Phi) is 5.12. The average Bonchev–Trinajstić information content (AvgIpc) is 3.36. The molecule has 0 spiro atoms. The van der Waals surface area contributed by atoms with Crippen LogP contribution in [-0.2, 0) is 14.4 Å². The van der Waals surface area contributed by atoms with Crippen molar-refractivity contribution in [3.63, 3.8) is 0 Å². The summed E-state index contributed by atoms with van der Waals surface area (Å²) in [5.41, 5.74) is 4.67. The number of rotatable bonds is 2. The molecule has 0 radical (unpaired) electrons. The van der Waals surface area contributed by atoms with Crippen LogP contribution in [0.3, 0.4) is 0 Å². The average molecular weight is 368 g/mol. The van der Waals surface area contributed by atoms with Crippen molar-refractivity contribution < 1.29 is 14.4 Å². The number of benzene rings is 1. The fourth-order valence-electron chi connectivity index (χ4n) is 3.65. The lowest BCUT2D eigenvalue weighted by molar-refractivity contribution is -0.138. The highest BCUT2D eigenvalue weighted by molar-refractivity contribution is 6.43.